The summed E-state index contributed by atoms with van der Waals surface area (Å²) in [5.41, 5.74) is 0.832. The van der Waals surface area contributed by atoms with E-state index in [2.05, 4.69) is 16.8 Å². The average Bonchev–Trinajstić information content (AvgIpc) is 2.72. The fraction of sp³-hybridized carbons (Fsp3) is 0.692. The van der Waals surface area contributed by atoms with Crippen molar-refractivity contribution in [3.63, 3.8) is 0 Å². The third-order valence-electron chi connectivity index (χ3n) is 3.10. The first-order valence-corrected chi connectivity index (χ1v) is 7.25. The van der Waals surface area contributed by atoms with E-state index in [1.54, 1.807) is 6.92 Å². The number of hydrogen-bond acceptors (Lipinski definition) is 5. The quantitative estimate of drug-likeness (QED) is 0.787. The Morgan fingerprint density at radius 2 is 2.39 bits per heavy atom. The number of nitrogens with zero attached hydrogens (tertiary/aromatic N) is 2. The highest BCUT2D eigenvalue weighted by atomic mass is 32.1. The van der Waals surface area contributed by atoms with Gasteiger partial charge in [-0.25, -0.2) is 4.98 Å². The van der Waals surface area contributed by atoms with Crippen LogP contribution < -0.4 is 0 Å². The molecule has 0 aromatic carbocycles. The Morgan fingerprint density at radius 3 is 3.00 bits per heavy atom. The minimum Gasteiger partial charge on any atom is -0.368 e. The lowest BCUT2D eigenvalue weighted by atomic mass is 10.2. The van der Waals surface area contributed by atoms with Crippen LogP contribution in [-0.4, -0.2) is 41.9 Å². The summed E-state index contributed by atoms with van der Waals surface area (Å²) in [4.78, 5) is 19.1. The number of carbonyl (C=O) groups is 1. The van der Waals surface area contributed by atoms with Crippen LogP contribution in [0.15, 0.2) is 0 Å². The molecule has 1 aromatic rings. The first kappa shape index (κ1) is 13.6. The minimum atomic E-state index is 0.0297. The topological polar surface area (TPSA) is 42.4 Å². The van der Waals surface area contributed by atoms with Crippen LogP contribution in [0.2, 0.25) is 0 Å². The van der Waals surface area contributed by atoms with Crippen LogP contribution in [0, 0.1) is 6.92 Å². The van der Waals surface area contributed by atoms with Gasteiger partial charge >= 0.3 is 0 Å². The van der Waals surface area contributed by atoms with Crippen molar-refractivity contribution in [3.8, 4) is 0 Å². The molecule has 1 aromatic heterocycles. The minimum absolute atomic E-state index is 0.0297. The molecule has 0 aliphatic carbocycles. The Labute approximate surface area is 112 Å². The summed E-state index contributed by atoms with van der Waals surface area (Å²) in [5, 5.41) is 0.943. The van der Waals surface area contributed by atoms with Crippen molar-refractivity contribution in [1.29, 1.82) is 0 Å². The number of aromatic nitrogens is 1. The van der Waals surface area contributed by atoms with E-state index in [-0.39, 0.29) is 11.9 Å². The maximum atomic E-state index is 11.4. The molecule has 0 N–H and O–H groups in total. The van der Waals surface area contributed by atoms with E-state index in [4.69, 9.17) is 4.74 Å². The maximum absolute atomic E-state index is 11.4. The molecule has 2 heterocycles. The highest BCUT2D eigenvalue weighted by Crippen LogP contribution is 2.28. The molecule has 1 fully saturated rings. The van der Waals surface area contributed by atoms with Gasteiger partial charge in [0.05, 0.1) is 17.2 Å². The average molecular weight is 268 g/mol. The van der Waals surface area contributed by atoms with E-state index in [0.717, 1.165) is 48.2 Å². The van der Waals surface area contributed by atoms with E-state index in [9.17, 15) is 4.79 Å². The Bertz CT molecular complexity index is 429. The van der Waals surface area contributed by atoms with Gasteiger partial charge in [0, 0.05) is 20.0 Å². The highest BCUT2D eigenvalue weighted by Gasteiger charge is 2.25. The van der Waals surface area contributed by atoms with Gasteiger partial charge in [-0.2, -0.15) is 0 Å². The molecule has 0 amide bonds. The van der Waals surface area contributed by atoms with E-state index < -0.39 is 0 Å². The molecule has 2 rings (SSSR count). The van der Waals surface area contributed by atoms with Crippen molar-refractivity contribution < 1.29 is 9.53 Å². The molecule has 4 nitrogen and oxygen atoms in total. The molecule has 1 saturated heterocycles. The number of ketones is 1. The fourth-order valence-electron chi connectivity index (χ4n) is 2.25. The number of hydrogen-bond donors (Lipinski definition) is 0. The third kappa shape index (κ3) is 2.96. The third-order valence-corrected chi connectivity index (χ3v) is 4.45. The summed E-state index contributed by atoms with van der Waals surface area (Å²) in [6, 6.07) is 0. The van der Waals surface area contributed by atoms with Crippen LogP contribution in [0.25, 0.3) is 0 Å². The van der Waals surface area contributed by atoms with Crippen LogP contribution in [-0.2, 0) is 4.74 Å². The predicted octanol–water partition coefficient (Wildman–Crippen LogP) is 2.44. The molecule has 0 saturated carbocycles. The number of morpholine rings is 1. The molecule has 18 heavy (non-hydrogen) atoms. The molecule has 0 spiro atoms. The van der Waals surface area contributed by atoms with Crippen molar-refractivity contribution in [1.82, 2.24) is 9.88 Å². The molecule has 1 aliphatic heterocycles. The standard InChI is InChI=1S/C13H20N2O2S/c1-4-5-15-6-7-17-11(8-15)13-14-9(2)12(18-13)10(3)16/h11H,4-8H2,1-3H3. The predicted molar refractivity (Wildman–Crippen MR) is 72.3 cm³/mol. The van der Waals surface area contributed by atoms with Gasteiger partial charge in [0.25, 0.3) is 0 Å². The molecular weight excluding hydrogens is 248 g/mol. The van der Waals surface area contributed by atoms with Crippen molar-refractivity contribution in [3.05, 3.63) is 15.6 Å². The van der Waals surface area contributed by atoms with Crippen LogP contribution in [0.3, 0.4) is 0 Å². The molecule has 0 bridgehead atoms. The Kier molecular flexibility index (Phi) is 4.48. The number of carbonyl (C=O) groups excluding carboxylic acids is 1. The molecule has 1 aliphatic rings. The van der Waals surface area contributed by atoms with Gasteiger partial charge in [-0.1, -0.05) is 6.92 Å². The summed E-state index contributed by atoms with van der Waals surface area (Å²) >= 11 is 1.48. The fourth-order valence-corrected chi connectivity index (χ4v) is 3.26. The van der Waals surface area contributed by atoms with Crippen LogP contribution >= 0.6 is 11.3 Å². The van der Waals surface area contributed by atoms with Crippen LogP contribution in [0.5, 0.6) is 0 Å². The van der Waals surface area contributed by atoms with Crippen molar-refractivity contribution in [2.75, 3.05) is 26.2 Å². The summed E-state index contributed by atoms with van der Waals surface area (Å²) in [6.45, 7) is 9.40. The first-order chi connectivity index (χ1) is 8.61. The van der Waals surface area contributed by atoms with Crippen LogP contribution in [0.4, 0.5) is 0 Å². The lowest BCUT2D eigenvalue weighted by molar-refractivity contribution is -0.0299. The molecule has 5 heteroatoms. The number of Topliss-reactive ketones (excluding diaryl/α,β-unsaturated/α-hetero) is 1. The summed E-state index contributed by atoms with van der Waals surface area (Å²) in [7, 11) is 0. The lowest BCUT2D eigenvalue weighted by Crippen LogP contribution is -2.38. The zero-order valence-electron chi connectivity index (χ0n) is 11.2. The number of ether oxygens (including phenoxy) is 1. The highest BCUT2D eigenvalue weighted by molar-refractivity contribution is 7.13. The van der Waals surface area contributed by atoms with Gasteiger partial charge < -0.3 is 4.74 Å². The number of rotatable bonds is 4. The summed E-state index contributed by atoms with van der Waals surface area (Å²) < 4.78 is 5.78. The molecule has 1 atom stereocenters. The first-order valence-electron chi connectivity index (χ1n) is 6.44. The van der Waals surface area contributed by atoms with Gasteiger partial charge in [-0.05, 0) is 19.9 Å². The smallest absolute Gasteiger partial charge is 0.171 e. The maximum Gasteiger partial charge on any atom is 0.171 e. The summed E-state index contributed by atoms with van der Waals surface area (Å²) in [6.07, 6.45) is 1.18. The van der Waals surface area contributed by atoms with Crippen molar-refractivity contribution in [2.24, 2.45) is 0 Å². The second kappa shape index (κ2) is 5.91. The van der Waals surface area contributed by atoms with Gasteiger partial charge in [-0.15, -0.1) is 11.3 Å². The molecule has 0 radical (unpaired) electrons. The normalized spacial score (nSPS) is 21.2. The number of thiazole rings is 1. The van der Waals surface area contributed by atoms with E-state index in [1.165, 1.54) is 11.3 Å². The zero-order valence-corrected chi connectivity index (χ0v) is 12.0. The molecule has 100 valence electrons. The molecule has 1 unspecified atom stereocenters. The van der Waals surface area contributed by atoms with Gasteiger partial charge in [0.2, 0.25) is 0 Å². The van der Waals surface area contributed by atoms with Gasteiger partial charge in [0.1, 0.15) is 11.1 Å². The monoisotopic (exact) mass is 268 g/mol. The van der Waals surface area contributed by atoms with Crippen molar-refractivity contribution in [2.45, 2.75) is 33.3 Å². The Hall–Kier alpha value is -0.780. The van der Waals surface area contributed by atoms with E-state index in [0.29, 0.717) is 0 Å². The summed E-state index contributed by atoms with van der Waals surface area (Å²) in [5.74, 6) is 0.0949. The largest absolute Gasteiger partial charge is 0.368 e. The van der Waals surface area contributed by atoms with E-state index in [1.807, 2.05) is 6.92 Å². The van der Waals surface area contributed by atoms with E-state index >= 15 is 0 Å². The van der Waals surface area contributed by atoms with Crippen molar-refractivity contribution >= 4 is 17.1 Å². The van der Waals surface area contributed by atoms with Crippen LogP contribution in [0.1, 0.15) is 46.7 Å². The SMILES string of the molecule is CCCN1CCOC(c2nc(C)c(C(C)=O)s2)C1. The van der Waals surface area contributed by atoms with Gasteiger partial charge in [-0.3, -0.25) is 9.69 Å². The lowest BCUT2D eigenvalue weighted by Gasteiger charge is -2.31. The Morgan fingerprint density at radius 1 is 1.61 bits per heavy atom. The van der Waals surface area contributed by atoms with Gasteiger partial charge in [0.15, 0.2) is 5.78 Å². The zero-order chi connectivity index (χ0) is 13.1. The Balaban J connectivity index is 2.11. The second-order valence-corrected chi connectivity index (χ2v) is 5.71. The number of aryl methyl sites for hydroxylation is 1. The molecular formula is C13H20N2O2S. The second-order valence-electron chi connectivity index (χ2n) is 4.68.